The van der Waals surface area contributed by atoms with E-state index in [4.69, 9.17) is 14.0 Å². The van der Waals surface area contributed by atoms with Crippen LogP contribution < -0.4 is 10.2 Å². The zero-order valence-electron chi connectivity index (χ0n) is 17.4. The van der Waals surface area contributed by atoms with Crippen LogP contribution in [0.1, 0.15) is 65.4 Å². The van der Waals surface area contributed by atoms with Gasteiger partial charge in [0.15, 0.2) is 0 Å². The van der Waals surface area contributed by atoms with E-state index in [9.17, 15) is 0 Å². The van der Waals surface area contributed by atoms with Crippen LogP contribution in [-0.4, -0.2) is 49.0 Å². The molecular weight excluding hydrogens is 337 g/mol. The molecule has 2 heterocycles. The minimum absolute atomic E-state index is 0.318. The topological polar surface area (TPSA) is 30.9 Å². The fourth-order valence-corrected chi connectivity index (χ4v) is 4.17. The van der Waals surface area contributed by atoms with Crippen molar-refractivity contribution < 1.29 is 14.0 Å². The van der Waals surface area contributed by atoms with E-state index in [0.29, 0.717) is 0 Å². The lowest BCUT2D eigenvalue weighted by atomic mass is 9.78. The summed E-state index contributed by atoms with van der Waals surface area (Å²) in [7, 11) is -0.328. The second-order valence-corrected chi connectivity index (χ2v) is 9.38. The van der Waals surface area contributed by atoms with Crippen LogP contribution in [0.3, 0.4) is 0 Å². The molecule has 1 aromatic rings. The summed E-state index contributed by atoms with van der Waals surface area (Å²) in [6.45, 7) is 11.4. The summed E-state index contributed by atoms with van der Waals surface area (Å²) in [5.41, 5.74) is 1.73. The second-order valence-electron chi connectivity index (χ2n) is 9.38. The Morgan fingerprint density at radius 3 is 2.37 bits per heavy atom. The van der Waals surface area contributed by atoms with E-state index >= 15 is 0 Å². The maximum absolute atomic E-state index is 6.26. The monoisotopic (exact) mass is 371 g/mol. The highest BCUT2D eigenvalue weighted by Gasteiger charge is 2.51. The van der Waals surface area contributed by atoms with Crippen molar-refractivity contribution in [2.45, 2.75) is 83.5 Å². The number of nitrogens with zero attached hydrogens (tertiary/aromatic N) is 1. The van der Waals surface area contributed by atoms with Crippen LogP contribution in [-0.2, 0) is 15.7 Å². The number of ether oxygens (including phenoxy) is 1. The predicted molar refractivity (Wildman–Crippen MR) is 110 cm³/mol. The number of fused-ring (bicyclic) bond motifs is 1. The Morgan fingerprint density at radius 1 is 0.963 bits per heavy atom. The molecule has 0 bridgehead atoms. The second kappa shape index (κ2) is 7.42. The Balaban J connectivity index is 1.49. The molecule has 4 nitrogen and oxygen atoms in total. The summed E-state index contributed by atoms with van der Waals surface area (Å²) in [4.78, 5) is 2.65. The van der Waals surface area contributed by atoms with Gasteiger partial charge in [0.05, 0.1) is 11.2 Å². The van der Waals surface area contributed by atoms with E-state index in [1.165, 1.54) is 44.2 Å². The van der Waals surface area contributed by atoms with Gasteiger partial charge in [0.1, 0.15) is 12.4 Å². The van der Waals surface area contributed by atoms with Crippen molar-refractivity contribution in [3.8, 4) is 5.75 Å². The van der Waals surface area contributed by atoms with Gasteiger partial charge in [0, 0.05) is 12.6 Å². The summed E-state index contributed by atoms with van der Waals surface area (Å²) in [6, 6.07) is 7.30. The number of rotatable bonds is 2. The van der Waals surface area contributed by atoms with Crippen molar-refractivity contribution in [2.24, 2.45) is 0 Å². The highest BCUT2D eigenvalue weighted by Crippen LogP contribution is 2.37. The average Bonchev–Trinajstić information content (AvgIpc) is 2.78. The van der Waals surface area contributed by atoms with E-state index < -0.39 is 0 Å². The van der Waals surface area contributed by atoms with Gasteiger partial charge in [0.25, 0.3) is 0 Å². The Labute approximate surface area is 164 Å². The van der Waals surface area contributed by atoms with E-state index in [0.717, 1.165) is 36.8 Å². The van der Waals surface area contributed by atoms with Gasteiger partial charge in [-0.1, -0.05) is 18.6 Å². The molecule has 5 heteroatoms. The van der Waals surface area contributed by atoms with Crippen LogP contribution in [0, 0.1) is 0 Å². The molecule has 0 amide bonds. The van der Waals surface area contributed by atoms with Crippen LogP contribution in [0.25, 0.3) is 0 Å². The Morgan fingerprint density at radius 2 is 1.70 bits per heavy atom. The normalized spacial score (nSPS) is 26.1. The first-order valence-corrected chi connectivity index (χ1v) is 10.7. The molecule has 0 N–H and O–H groups in total. The fraction of sp³-hybridized carbons (Fsp3) is 0.727. The minimum Gasteiger partial charge on any atom is -0.492 e. The molecule has 2 aliphatic heterocycles. The van der Waals surface area contributed by atoms with Gasteiger partial charge in [-0.15, -0.1) is 0 Å². The van der Waals surface area contributed by atoms with Crippen molar-refractivity contribution in [1.82, 2.24) is 4.90 Å². The molecule has 27 heavy (non-hydrogen) atoms. The standard InChI is InChI=1S/C22H34BNO3/c1-21(2)22(3,4)27-23(26-21)18-12-11-17-8-5-6-13-24(19-9-7-10-19)14-15-25-20(17)16-18/h11-12,16,19H,5-10,13-15H2,1-4H3. The van der Waals surface area contributed by atoms with Gasteiger partial charge in [-0.3, -0.25) is 4.90 Å². The van der Waals surface area contributed by atoms with Crippen molar-refractivity contribution >= 4 is 12.6 Å². The molecular formula is C22H34BNO3. The van der Waals surface area contributed by atoms with Crippen molar-refractivity contribution in [3.63, 3.8) is 0 Å². The van der Waals surface area contributed by atoms with Crippen LogP contribution in [0.5, 0.6) is 5.75 Å². The molecule has 148 valence electrons. The minimum atomic E-state index is -0.328. The third-order valence-electron chi connectivity index (χ3n) is 6.99. The first-order chi connectivity index (χ1) is 12.9. The van der Waals surface area contributed by atoms with E-state index in [1.54, 1.807) is 0 Å². The van der Waals surface area contributed by atoms with Crippen molar-refractivity contribution in [1.29, 1.82) is 0 Å². The SMILES string of the molecule is CC1(C)OB(c2ccc3c(c2)OCCN(C2CCC2)CCCC3)OC1(C)C. The Bertz CT molecular complexity index is 656. The molecule has 1 saturated carbocycles. The quantitative estimate of drug-likeness (QED) is 0.744. The fourth-order valence-electron chi connectivity index (χ4n) is 4.17. The largest absolute Gasteiger partial charge is 0.494 e. The van der Waals surface area contributed by atoms with Gasteiger partial charge >= 0.3 is 7.12 Å². The lowest BCUT2D eigenvalue weighted by Crippen LogP contribution is -2.43. The third-order valence-corrected chi connectivity index (χ3v) is 6.99. The lowest BCUT2D eigenvalue weighted by Gasteiger charge is -2.38. The van der Waals surface area contributed by atoms with Crippen LogP contribution in [0.15, 0.2) is 18.2 Å². The average molecular weight is 371 g/mol. The maximum atomic E-state index is 6.26. The van der Waals surface area contributed by atoms with E-state index in [-0.39, 0.29) is 18.3 Å². The molecule has 0 atom stereocenters. The summed E-state index contributed by atoms with van der Waals surface area (Å²) in [5, 5.41) is 0. The highest BCUT2D eigenvalue weighted by molar-refractivity contribution is 6.62. The van der Waals surface area contributed by atoms with Gasteiger partial charge < -0.3 is 14.0 Å². The molecule has 1 aliphatic carbocycles. The summed E-state index contributed by atoms with van der Waals surface area (Å²) in [6.07, 6.45) is 7.69. The summed E-state index contributed by atoms with van der Waals surface area (Å²) < 4.78 is 18.7. The molecule has 1 aromatic carbocycles. The van der Waals surface area contributed by atoms with Gasteiger partial charge in [-0.05, 0) is 83.4 Å². The molecule has 0 aromatic heterocycles. The van der Waals surface area contributed by atoms with E-state index in [2.05, 4.69) is 50.8 Å². The number of hydrogen-bond donors (Lipinski definition) is 0. The third kappa shape index (κ3) is 3.92. The molecule has 0 spiro atoms. The smallest absolute Gasteiger partial charge is 0.492 e. The highest BCUT2D eigenvalue weighted by atomic mass is 16.7. The van der Waals surface area contributed by atoms with Gasteiger partial charge in [0.2, 0.25) is 0 Å². The maximum Gasteiger partial charge on any atom is 0.494 e. The number of hydrogen-bond acceptors (Lipinski definition) is 4. The Kier molecular flexibility index (Phi) is 5.30. The first kappa shape index (κ1) is 19.3. The first-order valence-electron chi connectivity index (χ1n) is 10.7. The molecule has 0 radical (unpaired) electrons. The number of aryl methyl sites for hydroxylation is 1. The van der Waals surface area contributed by atoms with Crippen LogP contribution in [0.4, 0.5) is 0 Å². The van der Waals surface area contributed by atoms with Crippen molar-refractivity contribution in [3.05, 3.63) is 23.8 Å². The molecule has 3 aliphatic rings. The molecule has 0 unspecified atom stereocenters. The van der Waals surface area contributed by atoms with E-state index in [1.807, 2.05) is 0 Å². The molecule has 2 fully saturated rings. The zero-order valence-corrected chi connectivity index (χ0v) is 17.4. The lowest BCUT2D eigenvalue weighted by molar-refractivity contribution is 0.00578. The summed E-state index contributed by atoms with van der Waals surface area (Å²) in [5.74, 6) is 1.01. The Hall–Kier alpha value is -1.04. The van der Waals surface area contributed by atoms with Crippen LogP contribution >= 0.6 is 0 Å². The molecule has 4 rings (SSSR count). The summed E-state index contributed by atoms with van der Waals surface area (Å²) >= 11 is 0. The zero-order chi connectivity index (χ0) is 19.1. The number of benzene rings is 1. The van der Waals surface area contributed by atoms with Crippen LogP contribution in [0.2, 0.25) is 0 Å². The predicted octanol–water partition coefficient (Wildman–Crippen LogP) is 3.56. The van der Waals surface area contributed by atoms with Crippen molar-refractivity contribution in [2.75, 3.05) is 19.7 Å². The molecule has 1 saturated heterocycles. The van der Waals surface area contributed by atoms with Gasteiger partial charge in [-0.2, -0.15) is 0 Å². The van der Waals surface area contributed by atoms with Gasteiger partial charge in [-0.25, -0.2) is 0 Å².